The average Bonchev–Trinajstić information content (AvgIpc) is 2.65. The van der Waals surface area contributed by atoms with Gasteiger partial charge in [0.25, 0.3) is 0 Å². The van der Waals surface area contributed by atoms with E-state index in [2.05, 4.69) is 4.74 Å². The van der Waals surface area contributed by atoms with E-state index in [0.29, 0.717) is 0 Å². The highest BCUT2D eigenvalue weighted by atomic mass is 32.2. The Morgan fingerprint density at radius 1 is 1.56 bits per heavy atom. The Hall–Kier alpha value is -1.34. The molecule has 0 aliphatic rings. The summed E-state index contributed by atoms with van der Waals surface area (Å²) in [5.74, 6) is -0.595. The van der Waals surface area contributed by atoms with Gasteiger partial charge in [-0.2, -0.15) is 4.31 Å². The summed E-state index contributed by atoms with van der Waals surface area (Å²) in [4.78, 5) is 11.1. The number of hydrogen-bond acceptors (Lipinski definition) is 4. The van der Waals surface area contributed by atoms with Crippen LogP contribution in [0, 0.1) is 0 Å². The van der Waals surface area contributed by atoms with Gasteiger partial charge in [-0.05, 0) is 6.07 Å². The summed E-state index contributed by atoms with van der Waals surface area (Å²) < 4.78 is 30.8. The minimum absolute atomic E-state index is 0.154. The van der Waals surface area contributed by atoms with Crippen molar-refractivity contribution in [2.75, 3.05) is 20.7 Å². The van der Waals surface area contributed by atoms with E-state index in [1.165, 1.54) is 26.4 Å². The van der Waals surface area contributed by atoms with E-state index in [1.54, 1.807) is 17.8 Å². The van der Waals surface area contributed by atoms with Crippen molar-refractivity contribution >= 4 is 16.0 Å². The maximum atomic E-state index is 11.9. The van der Waals surface area contributed by atoms with E-state index in [9.17, 15) is 13.2 Å². The number of sulfonamides is 1. The molecule has 90 valence electrons. The zero-order chi connectivity index (χ0) is 12.3. The van der Waals surface area contributed by atoms with Crippen LogP contribution in [0.3, 0.4) is 0 Å². The number of likely N-dealkylation sites (N-methyl/N-ethyl adjacent to an activating group) is 1. The molecule has 16 heavy (non-hydrogen) atoms. The molecule has 0 spiro atoms. The number of nitrogens with zero attached hydrogens (tertiary/aromatic N) is 2. The van der Waals surface area contributed by atoms with Crippen molar-refractivity contribution in [2.24, 2.45) is 7.05 Å². The minimum atomic E-state index is -3.61. The van der Waals surface area contributed by atoms with E-state index in [0.717, 1.165) is 4.31 Å². The number of esters is 1. The Morgan fingerprint density at radius 3 is 2.62 bits per heavy atom. The first-order chi connectivity index (χ1) is 7.37. The van der Waals surface area contributed by atoms with Crippen LogP contribution >= 0.6 is 0 Å². The highest BCUT2D eigenvalue weighted by Gasteiger charge is 2.23. The molecule has 0 N–H and O–H groups in total. The van der Waals surface area contributed by atoms with Crippen LogP contribution < -0.4 is 0 Å². The van der Waals surface area contributed by atoms with Crippen molar-refractivity contribution in [1.82, 2.24) is 8.87 Å². The molecule has 0 fully saturated rings. The van der Waals surface area contributed by atoms with E-state index >= 15 is 0 Å². The quantitative estimate of drug-likeness (QED) is 0.691. The lowest BCUT2D eigenvalue weighted by Gasteiger charge is -2.14. The summed E-state index contributed by atoms with van der Waals surface area (Å²) in [6.45, 7) is -0.298. The molecule has 0 unspecified atom stereocenters. The van der Waals surface area contributed by atoms with Crippen LogP contribution in [0.25, 0.3) is 0 Å². The van der Waals surface area contributed by atoms with Gasteiger partial charge in [-0.25, -0.2) is 8.42 Å². The lowest BCUT2D eigenvalue weighted by atomic mass is 10.7. The highest BCUT2D eigenvalue weighted by molar-refractivity contribution is 7.89. The molecule has 0 saturated heterocycles. The summed E-state index contributed by atoms with van der Waals surface area (Å²) in [6, 6.07) is 1.48. The number of aryl methyl sites for hydroxylation is 1. The number of aromatic nitrogens is 1. The van der Waals surface area contributed by atoms with Gasteiger partial charge in [0.1, 0.15) is 6.54 Å². The van der Waals surface area contributed by atoms with Gasteiger partial charge < -0.3 is 9.30 Å². The summed E-state index contributed by atoms with van der Waals surface area (Å²) in [5.41, 5.74) is 0. The molecule has 0 radical (unpaired) electrons. The fourth-order valence-corrected chi connectivity index (χ4v) is 2.31. The van der Waals surface area contributed by atoms with Gasteiger partial charge in [-0.3, -0.25) is 4.79 Å². The molecule has 0 aliphatic carbocycles. The standard InChI is InChI=1S/C9H14N2O4S/c1-10-5-4-8(6-10)16(13,14)11(2)7-9(12)15-3/h4-6H,7H2,1-3H3. The molecule has 1 heterocycles. The Kier molecular flexibility index (Phi) is 3.71. The van der Waals surface area contributed by atoms with Crippen LogP contribution in [0.15, 0.2) is 23.4 Å². The van der Waals surface area contributed by atoms with Gasteiger partial charge >= 0.3 is 5.97 Å². The third-order valence-corrected chi connectivity index (χ3v) is 3.88. The lowest BCUT2D eigenvalue weighted by Crippen LogP contribution is -2.32. The van der Waals surface area contributed by atoms with Crippen molar-refractivity contribution < 1.29 is 17.9 Å². The predicted molar refractivity (Wildman–Crippen MR) is 57.2 cm³/mol. The Balaban J connectivity index is 2.90. The third-order valence-electron chi connectivity index (χ3n) is 2.09. The zero-order valence-electron chi connectivity index (χ0n) is 9.37. The van der Waals surface area contributed by atoms with Gasteiger partial charge in [-0.15, -0.1) is 0 Å². The number of carbonyl (C=O) groups is 1. The van der Waals surface area contributed by atoms with Crippen LogP contribution in [0.1, 0.15) is 0 Å². The number of hydrogen-bond donors (Lipinski definition) is 0. The number of methoxy groups -OCH3 is 1. The zero-order valence-corrected chi connectivity index (χ0v) is 10.2. The SMILES string of the molecule is COC(=O)CN(C)S(=O)(=O)c1ccn(C)c1. The number of ether oxygens (including phenoxy) is 1. The second-order valence-electron chi connectivity index (χ2n) is 3.35. The van der Waals surface area contributed by atoms with E-state index in [-0.39, 0.29) is 11.4 Å². The van der Waals surface area contributed by atoms with Gasteiger partial charge in [0, 0.05) is 26.5 Å². The van der Waals surface area contributed by atoms with Gasteiger partial charge in [0.2, 0.25) is 10.0 Å². The summed E-state index contributed by atoms with van der Waals surface area (Å²) in [7, 11) is 0.656. The molecule has 1 rings (SSSR count). The Bertz CT molecular complexity index is 477. The molecule has 6 nitrogen and oxygen atoms in total. The molecule has 0 atom stereocenters. The van der Waals surface area contributed by atoms with Crippen molar-refractivity contribution in [3.05, 3.63) is 18.5 Å². The molecular weight excluding hydrogens is 232 g/mol. The molecule has 0 aliphatic heterocycles. The monoisotopic (exact) mass is 246 g/mol. The van der Waals surface area contributed by atoms with Gasteiger partial charge in [0.15, 0.2) is 0 Å². The van der Waals surface area contributed by atoms with Crippen molar-refractivity contribution in [3.8, 4) is 0 Å². The molecule has 0 aromatic carbocycles. The molecule has 1 aromatic heterocycles. The fraction of sp³-hybridized carbons (Fsp3) is 0.444. The van der Waals surface area contributed by atoms with Gasteiger partial charge in [0.05, 0.1) is 12.0 Å². The fourth-order valence-electron chi connectivity index (χ4n) is 1.14. The molecule has 1 aromatic rings. The third kappa shape index (κ3) is 2.61. The molecule has 0 bridgehead atoms. The van der Waals surface area contributed by atoms with E-state index in [4.69, 9.17) is 0 Å². The van der Waals surface area contributed by atoms with Crippen LogP contribution in [0.4, 0.5) is 0 Å². The van der Waals surface area contributed by atoms with Crippen molar-refractivity contribution in [3.63, 3.8) is 0 Å². The molecule has 0 saturated carbocycles. The van der Waals surface area contributed by atoms with E-state index in [1.807, 2.05) is 0 Å². The minimum Gasteiger partial charge on any atom is -0.468 e. The lowest BCUT2D eigenvalue weighted by molar-refractivity contribution is -0.140. The normalized spacial score (nSPS) is 11.8. The number of carbonyl (C=O) groups excluding carboxylic acids is 1. The van der Waals surface area contributed by atoms with Crippen LogP contribution in [-0.2, 0) is 26.6 Å². The summed E-state index contributed by atoms with van der Waals surface area (Å²) in [5, 5.41) is 0. The largest absolute Gasteiger partial charge is 0.468 e. The maximum absolute atomic E-state index is 11.9. The maximum Gasteiger partial charge on any atom is 0.321 e. The van der Waals surface area contributed by atoms with E-state index < -0.39 is 16.0 Å². The topological polar surface area (TPSA) is 68.6 Å². The second kappa shape index (κ2) is 4.67. The second-order valence-corrected chi connectivity index (χ2v) is 5.39. The van der Waals surface area contributed by atoms with Gasteiger partial charge in [-0.1, -0.05) is 0 Å². The summed E-state index contributed by atoms with van der Waals surface area (Å²) >= 11 is 0. The first-order valence-corrected chi connectivity index (χ1v) is 5.97. The molecule has 7 heteroatoms. The van der Waals surface area contributed by atoms with Crippen molar-refractivity contribution in [2.45, 2.75) is 4.90 Å². The molecular formula is C9H14N2O4S. The van der Waals surface area contributed by atoms with Crippen LogP contribution in [0.2, 0.25) is 0 Å². The number of rotatable bonds is 4. The first kappa shape index (κ1) is 12.7. The molecule has 0 amide bonds. The first-order valence-electron chi connectivity index (χ1n) is 4.53. The summed E-state index contributed by atoms with van der Waals surface area (Å²) in [6.07, 6.45) is 3.10. The smallest absolute Gasteiger partial charge is 0.321 e. The van der Waals surface area contributed by atoms with Crippen LogP contribution in [-0.4, -0.2) is 44.0 Å². The predicted octanol–water partition coefficient (Wildman–Crippen LogP) is -0.181. The van der Waals surface area contributed by atoms with Crippen LogP contribution in [0.5, 0.6) is 0 Å². The van der Waals surface area contributed by atoms with Crippen molar-refractivity contribution in [1.29, 1.82) is 0 Å². The highest BCUT2D eigenvalue weighted by Crippen LogP contribution is 2.13. The Morgan fingerprint density at radius 2 is 2.19 bits per heavy atom. The average molecular weight is 246 g/mol. The Labute approximate surface area is 94.5 Å².